The third-order valence-electron chi connectivity index (χ3n) is 8.69. The third-order valence-corrected chi connectivity index (χ3v) is 11.2. The molecule has 0 saturated carbocycles. The number of benzene rings is 3. The monoisotopic (exact) mass is 720 g/mol. The topological polar surface area (TPSA) is 93.3 Å². The lowest BCUT2D eigenvalue weighted by Gasteiger charge is -2.18. The molecule has 0 atom stereocenters. The second kappa shape index (κ2) is 21.9. The van der Waals surface area contributed by atoms with E-state index in [2.05, 4.69) is 22.4 Å². The highest BCUT2D eigenvalue weighted by Crippen LogP contribution is 2.51. The largest absolute Gasteiger partial charge is 0.507 e. The quantitative estimate of drug-likeness (QED) is 0.0336. The molecule has 0 amide bonds. The van der Waals surface area contributed by atoms with E-state index >= 15 is 0 Å². The van der Waals surface area contributed by atoms with Crippen LogP contribution in [0.15, 0.2) is 75.6 Å². The van der Waals surface area contributed by atoms with Gasteiger partial charge in [-0.2, -0.15) is 4.68 Å². The zero-order chi connectivity index (χ0) is 34.7. The molecule has 0 aliphatic heterocycles. The molecule has 1 aromatic heterocycles. The maximum atomic E-state index is 11.8. The van der Waals surface area contributed by atoms with Crippen LogP contribution in [0, 0.1) is 0 Å². The highest BCUT2D eigenvalue weighted by atomic mass is 32.2. The molecular weight excluding hydrogens is 669 g/mol. The van der Waals surface area contributed by atoms with Gasteiger partial charge in [-0.1, -0.05) is 140 Å². The second-order valence-corrected chi connectivity index (χ2v) is 14.9. The van der Waals surface area contributed by atoms with E-state index in [1.165, 1.54) is 109 Å². The lowest BCUT2D eigenvalue weighted by atomic mass is 9.98. The number of aromatic hydroxyl groups is 2. The third kappa shape index (κ3) is 12.0. The predicted octanol–water partition coefficient (Wildman–Crippen LogP) is 11.6. The molecule has 7 nitrogen and oxygen atoms in total. The molecule has 10 heteroatoms. The van der Waals surface area contributed by atoms with Crippen molar-refractivity contribution in [1.29, 1.82) is 0 Å². The molecule has 0 saturated heterocycles. The number of phenols is 2. The Balaban J connectivity index is 1.33. The molecule has 49 heavy (non-hydrogen) atoms. The van der Waals surface area contributed by atoms with E-state index in [0.717, 1.165) is 24.3 Å². The molecule has 0 unspecified atom stereocenters. The van der Waals surface area contributed by atoms with Gasteiger partial charge in [0, 0.05) is 11.1 Å². The molecule has 2 N–H and O–H groups in total. The van der Waals surface area contributed by atoms with Crippen molar-refractivity contribution in [3.63, 3.8) is 0 Å². The first-order valence-electron chi connectivity index (χ1n) is 18.0. The predicted molar refractivity (Wildman–Crippen MR) is 207 cm³/mol. The number of methoxy groups -OCH3 is 1. The normalized spacial score (nSPS) is 11.2. The number of para-hydroxylation sites is 1. The Morgan fingerprint density at radius 1 is 0.776 bits per heavy atom. The number of tetrazole rings is 1. The first kappa shape index (κ1) is 38.7. The van der Waals surface area contributed by atoms with Crippen LogP contribution in [0.3, 0.4) is 0 Å². The van der Waals surface area contributed by atoms with E-state index in [4.69, 9.17) is 17.0 Å². The number of unbranched alkanes of at least 4 members (excludes halogenated alkanes) is 15. The smallest absolute Gasteiger partial charge is 0.219 e. The van der Waals surface area contributed by atoms with Gasteiger partial charge >= 0.3 is 0 Å². The molecule has 0 fully saturated rings. The van der Waals surface area contributed by atoms with Gasteiger partial charge in [-0.05, 0) is 76.4 Å². The minimum absolute atomic E-state index is 0.0352. The summed E-state index contributed by atoms with van der Waals surface area (Å²) < 4.78 is 7.03. The van der Waals surface area contributed by atoms with Crippen molar-refractivity contribution in [1.82, 2.24) is 20.2 Å². The maximum absolute atomic E-state index is 11.8. The van der Waals surface area contributed by atoms with E-state index in [0.29, 0.717) is 36.7 Å². The number of hydrogen-bond donors (Lipinski definition) is 2. The minimum atomic E-state index is 0.0352. The van der Waals surface area contributed by atoms with Crippen LogP contribution in [0.2, 0.25) is 0 Å². The Labute approximate surface area is 306 Å². The summed E-state index contributed by atoms with van der Waals surface area (Å²) in [7, 11) is 1.53. The number of rotatable bonds is 23. The molecular formula is C39H52N4O3S3. The van der Waals surface area contributed by atoms with Gasteiger partial charge in [0.15, 0.2) is 5.05 Å². The zero-order valence-corrected chi connectivity index (χ0v) is 31.6. The van der Waals surface area contributed by atoms with Crippen molar-refractivity contribution in [3.8, 4) is 28.3 Å². The number of ether oxygens (including phenoxy) is 1. The van der Waals surface area contributed by atoms with E-state index in [-0.39, 0.29) is 11.5 Å². The van der Waals surface area contributed by atoms with Gasteiger partial charge in [0.2, 0.25) is 5.16 Å². The van der Waals surface area contributed by atoms with Gasteiger partial charge in [-0.15, -0.1) is 16.9 Å². The lowest BCUT2D eigenvalue weighted by Crippen LogP contribution is -2.03. The fourth-order valence-electron chi connectivity index (χ4n) is 5.97. The average molecular weight is 721 g/mol. The Morgan fingerprint density at radius 3 is 1.96 bits per heavy atom. The van der Waals surface area contributed by atoms with Crippen LogP contribution < -0.4 is 0 Å². The molecule has 0 aliphatic rings. The molecule has 4 rings (SSSR count). The maximum Gasteiger partial charge on any atom is 0.219 e. The summed E-state index contributed by atoms with van der Waals surface area (Å²) in [6.07, 6.45) is 21.3. The van der Waals surface area contributed by atoms with Gasteiger partial charge in [-0.25, -0.2) is 0 Å². The number of nitrogens with zero attached hydrogens (tertiary/aromatic N) is 4. The summed E-state index contributed by atoms with van der Waals surface area (Å²) in [6.45, 7) is 2.28. The van der Waals surface area contributed by atoms with Crippen molar-refractivity contribution in [2.24, 2.45) is 0 Å². The van der Waals surface area contributed by atoms with Crippen LogP contribution >= 0.6 is 35.7 Å². The summed E-state index contributed by atoms with van der Waals surface area (Å²) >= 11 is 8.28. The molecule has 4 aromatic rings. The molecule has 0 aliphatic carbocycles. The summed E-state index contributed by atoms with van der Waals surface area (Å²) in [5.74, 6) is 0.974. The van der Waals surface area contributed by atoms with Crippen molar-refractivity contribution in [2.45, 2.75) is 125 Å². The molecule has 264 valence electrons. The second-order valence-electron chi connectivity index (χ2n) is 12.4. The summed E-state index contributed by atoms with van der Waals surface area (Å²) in [6, 6.07) is 18.7. The van der Waals surface area contributed by atoms with E-state index < -0.39 is 0 Å². The molecule has 0 spiro atoms. The fraction of sp³-hybridized carbons (Fsp3) is 0.487. The van der Waals surface area contributed by atoms with Crippen molar-refractivity contribution in [2.75, 3.05) is 12.9 Å². The van der Waals surface area contributed by atoms with Gasteiger partial charge in [0.25, 0.3) is 0 Å². The number of phenolic OH excluding ortho intramolecular Hbond substituents is 2. The Bertz CT molecular complexity index is 1560. The van der Waals surface area contributed by atoms with Crippen LogP contribution in [0.4, 0.5) is 0 Å². The number of thiocarbonyl (C=S) groups is 1. The van der Waals surface area contributed by atoms with Crippen LogP contribution in [-0.2, 0) is 4.74 Å². The SMILES string of the molecule is CCCCCCCCCCCCCCCCCCSc1cc(O)c(Sc2nnnn2-c2ccccc2)c(-c2ccccc2C(=S)OC)c1O. The molecule has 1 heterocycles. The van der Waals surface area contributed by atoms with Gasteiger partial charge in [0.1, 0.15) is 11.5 Å². The van der Waals surface area contributed by atoms with Gasteiger partial charge in [-0.3, -0.25) is 0 Å². The van der Waals surface area contributed by atoms with Crippen LogP contribution in [0.25, 0.3) is 16.8 Å². The standard InChI is InChI=1S/C39H52N4O3S3/c1-3-4-5-6-7-8-9-10-11-12-13-14-15-16-17-23-28-48-34-29-33(44)37(49-39-40-41-42-43(39)30-24-19-18-20-25-30)35(36(34)45)31-26-21-22-27-32(31)38(47)46-2/h18-22,24-27,29,44-45H,3-17,23,28H2,1-2H3. The highest BCUT2D eigenvalue weighted by molar-refractivity contribution is 7.99. The summed E-state index contributed by atoms with van der Waals surface area (Å²) in [5.41, 5.74) is 2.57. The van der Waals surface area contributed by atoms with Crippen LogP contribution in [0.5, 0.6) is 11.5 Å². The highest BCUT2D eigenvalue weighted by Gasteiger charge is 2.25. The molecule has 0 bridgehead atoms. The van der Waals surface area contributed by atoms with Gasteiger partial charge in [0.05, 0.1) is 22.6 Å². The van der Waals surface area contributed by atoms with Crippen LogP contribution in [0.1, 0.15) is 115 Å². The number of thioether (sulfide) groups is 1. The number of hydrogen-bond acceptors (Lipinski definition) is 9. The van der Waals surface area contributed by atoms with Crippen LogP contribution in [-0.4, -0.2) is 48.3 Å². The number of aromatic nitrogens is 4. The Hall–Kier alpha value is -3.08. The fourth-order valence-corrected chi connectivity index (χ4v) is 8.11. The van der Waals surface area contributed by atoms with Crippen molar-refractivity contribution >= 4 is 40.8 Å². The van der Waals surface area contributed by atoms with Crippen molar-refractivity contribution < 1.29 is 14.9 Å². The Kier molecular flexibility index (Phi) is 17.3. The minimum Gasteiger partial charge on any atom is -0.507 e. The zero-order valence-electron chi connectivity index (χ0n) is 29.1. The molecule has 0 radical (unpaired) electrons. The summed E-state index contributed by atoms with van der Waals surface area (Å²) in [5, 5.41) is 36.3. The Morgan fingerprint density at radius 2 is 1.35 bits per heavy atom. The molecule has 3 aromatic carbocycles. The first-order chi connectivity index (χ1) is 24.0. The first-order valence-corrected chi connectivity index (χ1v) is 20.2. The lowest BCUT2D eigenvalue weighted by molar-refractivity contribution is 0.416. The van der Waals surface area contributed by atoms with E-state index in [1.807, 2.05) is 54.6 Å². The van der Waals surface area contributed by atoms with E-state index in [9.17, 15) is 10.2 Å². The van der Waals surface area contributed by atoms with Crippen molar-refractivity contribution in [3.05, 3.63) is 66.2 Å². The average Bonchev–Trinajstić information content (AvgIpc) is 3.60. The van der Waals surface area contributed by atoms with E-state index in [1.54, 1.807) is 22.5 Å². The van der Waals surface area contributed by atoms with Gasteiger partial charge < -0.3 is 14.9 Å². The summed E-state index contributed by atoms with van der Waals surface area (Å²) in [4.78, 5) is 1.06.